The SMILES string of the molecule is CCOc1ccc(-c2cc(C(=O)NC(C)(C)C)cc(-c3ccnn3C(C)(C)C)n2)cc1. The third-order valence-corrected chi connectivity index (χ3v) is 4.58. The van der Waals surface area contributed by atoms with Gasteiger partial charge in [-0.1, -0.05) is 0 Å². The molecule has 0 radical (unpaired) electrons. The van der Waals surface area contributed by atoms with Crippen molar-refractivity contribution < 1.29 is 9.53 Å². The van der Waals surface area contributed by atoms with Crippen LogP contribution < -0.4 is 10.1 Å². The molecule has 0 spiro atoms. The first kappa shape index (κ1) is 22.5. The molecule has 1 aromatic carbocycles. The van der Waals surface area contributed by atoms with Gasteiger partial charge in [0.1, 0.15) is 5.75 Å². The topological polar surface area (TPSA) is 69.0 Å². The average Bonchev–Trinajstić information content (AvgIpc) is 3.18. The highest BCUT2D eigenvalue weighted by Crippen LogP contribution is 2.29. The minimum atomic E-state index is -0.340. The van der Waals surface area contributed by atoms with E-state index in [2.05, 4.69) is 31.2 Å². The van der Waals surface area contributed by atoms with Gasteiger partial charge in [-0.3, -0.25) is 9.48 Å². The van der Waals surface area contributed by atoms with E-state index in [0.717, 1.165) is 22.7 Å². The molecule has 0 fully saturated rings. The molecule has 6 nitrogen and oxygen atoms in total. The first-order valence-electron chi connectivity index (χ1n) is 10.6. The Hall–Kier alpha value is -3.15. The highest BCUT2D eigenvalue weighted by molar-refractivity contribution is 5.96. The summed E-state index contributed by atoms with van der Waals surface area (Å²) in [5, 5.41) is 7.54. The van der Waals surface area contributed by atoms with Crippen molar-refractivity contribution in [3.8, 4) is 28.4 Å². The second-order valence-electron chi connectivity index (χ2n) is 9.59. The van der Waals surface area contributed by atoms with Crippen molar-refractivity contribution in [3.63, 3.8) is 0 Å². The normalized spacial score (nSPS) is 12.0. The van der Waals surface area contributed by atoms with Gasteiger partial charge in [-0.25, -0.2) is 4.98 Å². The molecule has 0 bridgehead atoms. The van der Waals surface area contributed by atoms with E-state index in [9.17, 15) is 4.79 Å². The molecule has 6 heteroatoms. The standard InChI is InChI=1S/C25H32N4O2/c1-8-31-19-11-9-17(10-12-19)20-15-18(23(30)28-24(2,3)4)16-21(27-20)22-13-14-26-29(22)25(5,6)7/h9-16H,8H2,1-7H3,(H,28,30). The maximum absolute atomic E-state index is 13.0. The molecular weight excluding hydrogens is 388 g/mol. The zero-order chi connectivity index (χ0) is 22.8. The Balaban J connectivity index is 2.13. The average molecular weight is 421 g/mol. The number of benzene rings is 1. The van der Waals surface area contributed by atoms with Crippen LogP contribution in [0.5, 0.6) is 5.75 Å². The first-order chi connectivity index (χ1) is 14.5. The number of nitrogens with one attached hydrogen (secondary N) is 1. The number of nitrogens with zero attached hydrogens (tertiary/aromatic N) is 3. The summed E-state index contributed by atoms with van der Waals surface area (Å²) in [5.41, 5.74) is 3.21. The zero-order valence-electron chi connectivity index (χ0n) is 19.5. The summed E-state index contributed by atoms with van der Waals surface area (Å²) in [6.07, 6.45) is 1.76. The quantitative estimate of drug-likeness (QED) is 0.609. The number of hydrogen-bond donors (Lipinski definition) is 1. The van der Waals surface area contributed by atoms with E-state index in [0.29, 0.717) is 17.9 Å². The van der Waals surface area contributed by atoms with Crippen LogP contribution in [-0.4, -0.2) is 32.8 Å². The Morgan fingerprint density at radius 2 is 1.65 bits per heavy atom. The van der Waals surface area contributed by atoms with Crippen molar-refractivity contribution in [2.45, 2.75) is 59.5 Å². The minimum absolute atomic E-state index is 0.134. The van der Waals surface area contributed by atoms with E-state index in [1.54, 1.807) is 6.20 Å². The van der Waals surface area contributed by atoms with E-state index in [1.807, 2.05) is 74.8 Å². The number of amides is 1. The maximum Gasteiger partial charge on any atom is 0.251 e. The second-order valence-corrected chi connectivity index (χ2v) is 9.59. The van der Waals surface area contributed by atoms with Gasteiger partial charge < -0.3 is 10.1 Å². The lowest BCUT2D eigenvalue weighted by Crippen LogP contribution is -2.40. The van der Waals surface area contributed by atoms with E-state index >= 15 is 0 Å². The summed E-state index contributed by atoms with van der Waals surface area (Å²) < 4.78 is 7.49. The molecule has 3 aromatic rings. The fourth-order valence-corrected chi connectivity index (χ4v) is 3.27. The lowest BCUT2D eigenvalue weighted by Gasteiger charge is -2.23. The van der Waals surface area contributed by atoms with Crippen molar-refractivity contribution in [1.82, 2.24) is 20.1 Å². The Morgan fingerprint density at radius 1 is 1.00 bits per heavy atom. The molecule has 164 valence electrons. The second kappa shape index (κ2) is 8.53. The highest BCUT2D eigenvalue weighted by Gasteiger charge is 2.22. The first-order valence-corrected chi connectivity index (χ1v) is 10.6. The third-order valence-electron chi connectivity index (χ3n) is 4.58. The van der Waals surface area contributed by atoms with Gasteiger partial charge in [0, 0.05) is 22.9 Å². The third kappa shape index (κ3) is 5.51. The van der Waals surface area contributed by atoms with E-state index < -0.39 is 0 Å². The van der Waals surface area contributed by atoms with E-state index in [1.165, 1.54) is 0 Å². The molecular formula is C25H32N4O2. The monoisotopic (exact) mass is 420 g/mol. The molecule has 3 rings (SSSR count). The Kier molecular flexibility index (Phi) is 6.20. The lowest BCUT2D eigenvalue weighted by atomic mass is 10.0. The molecule has 0 atom stereocenters. The maximum atomic E-state index is 13.0. The number of carbonyl (C=O) groups is 1. The van der Waals surface area contributed by atoms with Crippen LogP contribution >= 0.6 is 0 Å². The van der Waals surface area contributed by atoms with Crippen molar-refractivity contribution in [2.75, 3.05) is 6.61 Å². The van der Waals surface area contributed by atoms with Gasteiger partial charge in [0.05, 0.1) is 29.2 Å². The summed E-state index contributed by atoms with van der Waals surface area (Å²) >= 11 is 0. The van der Waals surface area contributed by atoms with Crippen LogP contribution in [0.4, 0.5) is 0 Å². The van der Waals surface area contributed by atoms with Crippen LogP contribution in [0.25, 0.3) is 22.6 Å². The smallest absolute Gasteiger partial charge is 0.251 e. The van der Waals surface area contributed by atoms with Crippen molar-refractivity contribution in [2.24, 2.45) is 0 Å². The van der Waals surface area contributed by atoms with Gasteiger partial charge >= 0.3 is 0 Å². The molecule has 0 saturated heterocycles. The van der Waals surface area contributed by atoms with E-state index in [-0.39, 0.29) is 17.0 Å². The number of carbonyl (C=O) groups excluding carboxylic acids is 1. The Labute approximate surface area is 184 Å². The molecule has 2 aromatic heterocycles. The Morgan fingerprint density at radius 3 is 2.23 bits per heavy atom. The molecule has 1 amide bonds. The molecule has 1 N–H and O–H groups in total. The van der Waals surface area contributed by atoms with Crippen LogP contribution in [0, 0.1) is 0 Å². The molecule has 0 aliphatic rings. The van der Waals surface area contributed by atoms with Gasteiger partial charge in [-0.2, -0.15) is 5.10 Å². The van der Waals surface area contributed by atoms with Crippen LogP contribution in [-0.2, 0) is 5.54 Å². The zero-order valence-corrected chi connectivity index (χ0v) is 19.5. The van der Waals surface area contributed by atoms with Crippen LogP contribution in [0.3, 0.4) is 0 Å². The molecule has 2 heterocycles. The van der Waals surface area contributed by atoms with Gasteiger partial charge in [0.25, 0.3) is 5.91 Å². The fourth-order valence-electron chi connectivity index (χ4n) is 3.27. The predicted molar refractivity (Wildman–Crippen MR) is 124 cm³/mol. The predicted octanol–water partition coefficient (Wildman–Crippen LogP) is 5.29. The molecule has 0 aliphatic heterocycles. The van der Waals surface area contributed by atoms with Crippen LogP contribution in [0.1, 0.15) is 58.8 Å². The van der Waals surface area contributed by atoms with Crippen molar-refractivity contribution >= 4 is 5.91 Å². The Bertz CT molecular complexity index is 1050. The minimum Gasteiger partial charge on any atom is -0.494 e. The molecule has 0 unspecified atom stereocenters. The lowest BCUT2D eigenvalue weighted by molar-refractivity contribution is 0.0919. The summed E-state index contributed by atoms with van der Waals surface area (Å²) in [6, 6.07) is 13.4. The number of pyridine rings is 1. The number of rotatable bonds is 5. The molecule has 31 heavy (non-hydrogen) atoms. The van der Waals surface area contributed by atoms with Crippen molar-refractivity contribution in [3.05, 3.63) is 54.2 Å². The summed E-state index contributed by atoms with van der Waals surface area (Å²) in [7, 11) is 0. The fraction of sp³-hybridized carbons (Fsp3) is 0.400. The van der Waals surface area contributed by atoms with Gasteiger partial charge in [-0.15, -0.1) is 0 Å². The molecule has 0 saturated carbocycles. The number of aromatic nitrogens is 3. The van der Waals surface area contributed by atoms with Gasteiger partial charge in [0.2, 0.25) is 0 Å². The summed E-state index contributed by atoms with van der Waals surface area (Å²) in [6.45, 7) is 14.7. The largest absolute Gasteiger partial charge is 0.494 e. The summed E-state index contributed by atoms with van der Waals surface area (Å²) in [5.74, 6) is 0.670. The van der Waals surface area contributed by atoms with Gasteiger partial charge in [-0.05, 0) is 90.9 Å². The van der Waals surface area contributed by atoms with E-state index in [4.69, 9.17) is 9.72 Å². The number of hydrogen-bond acceptors (Lipinski definition) is 4. The number of ether oxygens (including phenoxy) is 1. The summed E-state index contributed by atoms with van der Waals surface area (Å²) in [4.78, 5) is 17.9. The van der Waals surface area contributed by atoms with Crippen LogP contribution in [0.2, 0.25) is 0 Å². The molecule has 0 aliphatic carbocycles. The van der Waals surface area contributed by atoms with Crippen LogP contribution in [0.15, 0.2) is 48.7 Å². The highest BCUT2D eigenvalue weighted by atomic mass is 16.5. The van der Waals surface area contributed by atoms with Gasteiger partial charge in [0.15, 0.2) is 0 Å². The van der Waals surface area contributed by atoms with Crippen molar-refractivity contribution in [1.29, 1.82) is 0 Å².